The molecule has 2 saturated heterocycles. The summed E-state index contributed by atoms with van der Waals surface area (Å²) in [5.41, 5.74) is 1.94. The smallest absolute Gasteiger partial charge is 0.272 e. The predicted octanol–water partition coefficient (Wildman–Crippen LogP) is 3.42. The molecule has 5 rings (SSSR count). The number of rotatable bonds is 5. The molecule has 0 aliphatic carbocycles. The number of likely N-dealkylation sites (tertiary alicyclic amines) is 2. The van der Waals surface area contributed by atoms with Crippen molar-refractivity contribution < 1.29 is 17.4 Å². The highest BCUT2D eigenvalue weighted by Gasteiger charge is 2.36. The van der Waals surface area contributed by atoms with Crippen LogP contribution in [0.5, 0.6) is 0 Å². The Bertz CT molecular complexity index is 1310. The molecule has 2 aromatic rings. The molecule has 1 aromatic heterocycles. The number of hydrogen-bond acceptors (Lipinski definition) is 8. The Morgan fingerprint density at radius 3 is 2.42 bits per heavy atom. The van der Waals surface area contributed by atoms with E-state index in [0.29, 0.717) is 49.1 Å². The van der Waals surface area contributed by atoms with Crippen molar-refractivity contribution in [3.63, 3.8) is 0 Å². The van der Waals surface area contributed by atoms with Gasteiger partial charge in [0.05, 0.1) is 6.10 Å². The van der Waals surface area contributed by atoms with Crippen LogP contribution in [0.3, 0.4) is 0 Å². The number of thioether (sulfide) groups is 1. The molecular weight excluding hydrogens is 524 g/mol. The summed E-state index contributed by atoms with van der Waals surface area (Å²) in [5, 5.41) is 15.2. The number of benzene rings is 1. The first kappa shape index (κ1) is 26.2. The molecule has 4 heterocycles. The zero-order chi connectivity index (χ0) is 30.2. The van der Waals surface area contributed by atoms with Crippen LogP contribution in [0.25, 0.3) is 0 Å². The topological polar surface area (TPSA) is 102 Å². The van der Waals surface area contributed by atoms with Crippen LogP contribution < -0.4 is 5.32 Å². The van der Waals surface area contributed by atoms with Crippen LogP contribution in [0.4, 0.5) is 5.82 Å². The molecule has 40 heavy (non-hydrogen) atoms. The number of fused-ring (bicyclic) bond motifs is 1. The number of piperidine rings is 2. The second-order valence-corrected chi connectivity index (χ2v) is 13.8. The first-order valence-corrected chi connectivity index (χ1v) is 15.0. The maximum atomic E-state index is 13.7. The number of carbonyl (C=O) groups excluding carboxylic acids is 2. The van der Waals surface area contributed by atoms with Crippen molar-refractivity contribution in [2.45, 2.75) is 88.0 Å². The fourth-order valence-electron chi connectivity index (χ4n) is 5.69. The molecule has 216 valence electrons. The van der Waals surface area contributed by atoms with Crippen LogP contribution in [-0.2, 0) is 17.7 Å². The zero-order valence-corrected chi connectivity index (χ0v) is 24.7. The van der Waals surface area contributed by atoms with Gasteiger partial charge in [-0.3, -0.25) is 14.5 Å². The van der Waals surface area contributed by atoms with Gasteiger partial charge in [0, 0.05) is 71.8 Å². The molecule has 0 radical (unpaired) electrons. The van der Waals surface area contributed by atoms with E-state index in [1.807, 2.05) is 34.1 Å². The lowest BCUT2D eigenvalue weighted by Gasteiger charge is -2.43. The molecule has 1 aromatic carbocycles. The molecule has 2 atom stereocenters. The number of amides is 2. The largest absolute Gasteiger partial charge is 0.390 e. The first-order chi connectivity index (χ1) is 19.8. The van der Waals surface area contributed by atoms with Crippen LogP contribution in [0, 0.1) is 0 Å². The standard InChI is InChI=1S/C30H42N6O3S/c1-20(37)34-14-10-23(11-15-34)31-27-17-24(32-29(33-27)40-30(2,3)4)28(39)36-16-12-25(26(38)19-36)35-13-9-21-7-5-6-8-22(21)18-35/h5-8,17,23,25-26,38H,9-16,18-19H2,1-4H3,(H,31,32,33)/t25-,26-/m1/s1/i9D2. The van der Waals surface area contributed by atoms with E-state index in [0.717, 1.165) is 18.4 Å². The Morgan fingerprint density at radius 1 is 1.05 bits per heavy atom. The van der Waals surface area contributed by atoms with E-state index in [9.17, 15) is 14.7 Å². The third-order valence-electron chi connectivity index (χ3n) is 7.78. The summed E-state index contributed by atoms with van der Waals surface area (Å²) in [7, 11) is 0. The molecule has 2 amide bonds. The molecule has 0 spiro atoms. The van der Waals surface area contributed by atoms with Crippen molar-refractivity contribution in [1.29, 1.82) is 0 Å². The Morgan fingerprint density at radius 2 is 1.75 bits per heavy atom. The number of nitrogens with one attached hydrogen (secondary N) is 1. The second-order valence-electron chi connectivity index (χ2n) is 12.0. The van der Waals surface area contributed by atoms with Crippen LogP contribution in [0.2, 0.25) is 0 Å². The summed E-state index contributed by atoms with van der Waals surface area (Å²) >= 11 is 1.50. The number of aromatic nitrogens is 2. The van der Waals surface area contributed by atoms with Gasteiger partial charge < -0.3 is 20.2 Å². The average molecular weight is 569 g/mol. The van der Waals surface area contributed by atoms with Gasteiger partial charge in [-0.25, -0.2) is 9.97 Å². The summed E-state index contributed by atoms with van der Waals surface area (Å²) in [6.07, 6.45) is -0.173. The van der Waals surface area contributed by atoms with Crippen LogP contribution in [0.15, 0.2) is 35.5 Å². The van der Waals surface area contributed by atoms with Gasteiger partial charge in [0.2, 0.25) is 5.91 Å². The average Bonchev–Trinajstić information content (AvgIpc) is 2.91. The minimum atomic E-state index is -1.50. The van der Waals surface area contributed by atoms with Crippen molar-refractivity contribution in [3.8, 4) is 0 Å². The van der Waals surface area contributed by atoms with Gasteiger partial charge in [0.1, 0.15) is 11.5 Å². The number of aliphatic hydroxyl groups excluding tert-OH is 1. The monoisotopic (exact) mass is 568 g/mol. The molecule has 3 aliphatic rings. The molecular formula is C30H42N6O3S. The molecule has 2 N–H and O–H groups in total. The van der Waals surface area contributed by atoms with Gasteiger partial charge in [-0.15, -0.1) is 0 Å². The molecule has 0 unspecified atom stereocenters. The normalized spacial score (nSPS) is 24.6. The Hall–Kier alpha value is -2.69. The SMILES string of the molecule is [2H]C1([2H])CN([C@@H]2CCN(C(=O)c3cc(NC4CCN(C(C)=O)CC4)nc(SC(C)(C)C)n3)C[C@H]2O)Cc2ccccc21. The van der Waals surface area contributed by atoms with E-state index >= 15 is 0 Å². The zero-order valence-electron chi connectivity index (χ0n) is 25.9. The summed E-state index contributed by atoms with van der Waals surface area (Å²) < 4.78 is 17.1. The van der Waals surface area contributed by atoms with Crippen LogP contribution in [0.1, 0.15) is 71.3 Å². The lowest BCUT2D eigenvalue weighted by Crippen LogP contribution is -2.56. The van der Waals surface area contributed by atoms with Gasteiger partial charge in [-0.1, -0.05) is 56.8 Å². The molecule has 9 nitrogen and oxygen atoms in total. The van der Waals surface area contributed by atoms with E-state index < -0.39 is 12.5 Å². The summed E-state index contributed by atoms with van der Waals surface area (Å²) in [5.74, 6) is 0.424. The summed E-state index contributed by atoms with van der Waals surface area (Å²) in [6, 6.07) is 9.17. The molecule has 10 heteroatoms. The molecule has 3 aliphatic heterocycles. The molecule has 2 fully saturated rings. The second kappa shape index (κ2) is 12.0. The molecule has 0 saturated carbocycles. The minimum Gasteiger partial charge on any atom is -0.390 e. The highest BCUT2D eigenvalue weighted by molar-refractivity contribution is 8.00. The Kier molecular flexibility index (Phi) is 7.90. The third-order valence-corrected chi connectivity index (χ3v) is 8.76. The van der Waals surface area contributed by atoms with Gasteiger partial charge in [-0.2, -0.15) is 0 Å². The third kappa shape index (κ3) is 6.95. The van der Waals surface area contributed by atoms with Gasteiger partial charge in [0.15, 0.2) is 5.16 Å². The maximum absolute atomic E-state index is 13.7. The van der Waals surface area contributed by atoms with E-state index in [-0.39, 0.29) is 47.4 Å². The van der Waals surface area contributed by atoms with Crippen molar-refractivity contribution in [2.75, 3.05) is 38.0 Å². The maximum Gasteiger partial charge on any atom is 0.272 e. The van der Waals surface area contributed by atoms with Gasteiger partial charge in [-0.05, 0) is 36.8 Å². The fraction of sp³-hybridized carbons (Fsp3) is 0.600. The first-order valence-electron chi connectivity index (χ1n) is 15.2. The predicted molar refractivity (Wildman–Crippen MR) is 157 cm³/mol. The highest BCUT2D eigenvalue weighted by atomic mass is 32.2. The minimum absolute atomic E-state index is 0.0852. The summed E-state index contributed by atoms with van der Waals surface area (Å²) in [4.78, 5) is 40.3. The lowest BCUT2D eigenvalue weighted by atomic mass is 9.94. The number of anilines is 1. The lowest BCUT2D eigenvalue weighted by molar-refractivity contribution is -0.129. The number of nitrogens with zero attached hydrogens (tertiary/aromatic N) is 5. The van der Waals surface area contributed by atoms with Crippen molar-refractivity contribution >= 4 is 29.4 Å². The Balaban J connectivity index is 1.29. The van der Waals surface area contributed by atoms with E-state index in [1.165, 1.54) is 11.8 Å². The molecule has 0 bridgehead atoms. The van der Waals surface area contributed by atoms with Gasteiger partial charge in [0.25, 0.3) is 5.91 Å². The Labute approximate surface area is 244 Å². The number of aliphatic hydroxyl groups is 1. The van der Waals surface area contributed by atoms with Crippen molar-refractivity contribution in [2.24, 2.45) is 0 Å². The number of carbonyl (C=O) groups is 2. The van der Waals surface area contributed by atoms with E-state index in [4.69, 9.17) is 7.73 Å². The highest BCUT2D eigenvalue weighted by Crippen LogP contribution is 2.31. The van der Waals surface area contributed by atoms with Crippen molar-refractivity contribution in [1.82, 2.24) is 24.7 Å². The van der Waals surface area contributed by atoms with E-state index in [1.54, 1.807) is 17.9 Å². The quantitative estimate of drug-likeness (QED) is 0.418. The van der Waals surface area contributed by atoms with Crippen LogP contribution >= 0.6 is 11.8 Å². The fourth-order valence-corrected chi connectivity index (χ4v) is 6.53. The number of hydrogen-bond donors (Lipinski definition) is 2. The number of β-amino-alcohol motifs (C(OH)–C–C–N with tert-alkyl or cyclic N) is 1. The summed E-state index contributed by atoms with van der Waals surface area (Å²) in [6.45, 7) is 10.6. The van der Waals surface area contributed by atoms with Crippen LogP contribution in [-0.4, -0.2) is 97.2 Å². The van der Waals surface area contributed by atoms with Gasteiger partial charge >= 0.3 is 0 Å². The van der Waals surface area contributed by atoms with Crippen molar-refractivity contribution in [3.05, 3.63) is 47.2 Å². The van der Waals surface area contributed by atoms with E-state index in [2.05, 4.69) is 31.1 Å².